The van der Waals surface area contributed by atoms with Gasteiger partial charge < -0.3 is 28.5 Å². The molecule has 1 fully saturated rings. The minimum atomic E-state index is 0. The molecule has 1 aliphatic heterocycles. The maximum absolute atomic E-state index is 2.35. The molecule has 0 aromatic heterocycles. The second-order valence-corrected chi connectivity index (χ2v) is 3.89. The standard InChI is InChI=1S/C10H22N.HI/c1-3-8-11(4-2)9-6-5-7-10-11;/h3-10H2,1-2H3;1H/q+1;/p-1. The van der Waals surface area contributed by atoms with Crippen molar-refractivity contribution in [1.82, 2.24) is 0 Å². The van der Waals surface area contributed by atoms with E-state index in [4.69, 9.17) is 0 Å². The Kier molecular flexibility index (Phi) is 6.55. The number of halogens is 1. The quantitative estimate of drug-likeness (QED) is 0.480. The molecule has 1 aliphatic rings. The van der Waals surface area contributed by atoms with Crippen LogP contribution < -0.4 is 24.0 Å². The van der Waals surface area contributed by atoms with Gasteiger partial charge in [0.2, 0.25) is 0 Å². The molecule has 0 aromatic rings. The van der Waals surface area contributed by atoms with Gasteiger partial charge in [0, 0.05) is 0 Å². The van der Waals surface area contributed by atoms with E-state index in [0.717, 1.165) is 0 Å². The summed E-state index contributed by atoms with van der Waals surface area (Å²) in [5, 5.41) is 0. The minimum absolute atomic E-state index is 0. The molecule has 0 bridgehead atoms. The lowest BCUT2D eigenvalue weighted by molar-refractivity contribution is -0.930. The van der Waals surface area contributed by atoms with Crippen LogP contribution in [0.2, 0.25) is 0 Å². The fourth-order valence-electron chi connectivity index (χ4n) is 2.36. The number of quaternary nitrogens is 1. The van der Waals surface area contributed by atoms with Crippen LogP contribution in [-0.2, 0) is 0 Å². The maximum Gasteiger partial charge on any atom is 0.0786 e. The summed E-state index contributed by atoms with van der Waals surface area (Å²) >= 11 is 0. The molecule has 1 saturated heterocycles. The van der Waals surface area contributed by atoms with Crippen molar-refractivity contribution in [2.24, 2.45) is 0 Å². The van der Waals surface area contributed by atoms with Crippen LogP contribution in [0.3, 0.4) is 0 Å². The zero-order chi connectivity index (χ0) is 8.16. The van der Waals surface area contributed by atoms with Crippen molar-refractivity contribution in [2.75, 3.05) is 26.2 Å². The molecule has 0 N–H and O–H groups in total. The van der Waals surface area contributed by atoms with Crippen molar-refractivity contribution >= 4 is 0 Å². The first kappa shape index (κ1) is 12.7. The first-order chi connectivity index (χ1) is 5.33. The third-order valence-corrected chi connectivity index (χ3v) is 3.13. The summed E-state index contributed by atoms with van der Waals surface area (Å²) in [6, 6.07) is 0. The number of hydrogen-bond donors (Lipinski definition) is 0. The third kappa shape index (κ3) is 3.21. The van der Waals surface area contributed by atoms with Crippen molar-refractivity contribution in [3.8, 4) is 0 Å². The lowest BCUT2D eigenvalue weighted by Gasteiger charge is -2.40. The van der Waals surface area contributed by atoms with Gasteiger partial charge in [-0.15, -0.1) is 0 Å². The molecule has 0 amide bonds. The SMILES string of the molecule is CCC[N+]1(CC)CCCCC1.[I-]. The van der Waals surface area contributed by atoms with Gasteiger partial charge in [0.25, 0.3) is 0 Å². The Morgan fingerprint density at radius 1 is 1.00 bits per heavy atom. The second kappa shape index (κ2) is 6.19. The molecule has 0 aliphatic carbocycles. The van der Waals surface area contributed by atoms with Gasteiger partial charge >= 0.3 is 0 Å². The van der Waals surface area contributed by atoms with E-state index in [0.29, 0.717) is 0 Å². The molecule has 1 heterocycles. The van der Waals surface area contributed by atoms with Crippen LogP contribution in [0.25, 0.3) is 0 Å². The summed E-state index contributed by atoms with van der Waals surface area (Å²) in [4.78, 5) is 0. The first-order valence-corrected chi connectivity index (χ1v) is 5.18. The maximum atomic E-state index is 2.35. The van der Waals surface area contributed by atoms with Gasteiger partial charge in [-0.3, -0.25) is 0 Å². The number of piperidine rings is 1. The zero-order valence-corrected chi connectivity index (χ0v) is 10.6. The van der Waals surface area contributed by atoms with Gasteiger partial charge in [0.1, 0.15) is 0 Å². The molecule has 0 spiro atoms. The van der Waals surface area contributed by atoms with Crippen LogP contribution >= 0.6 is 0 Å². The van der Waals surface area contributed by atoms with Crippen molar-refractivity contribution in [3.05, 3.63) is 0 Å². The monoisotopic (exact) mass is 283 g/mol. The molecule has 1 rings (SSSR count). The molecule has 74 valence electrons. The normalized spacial score (nSPS) is 21.5. The molecule has 12 heavy (non-hydrogen) atoms. The van der Waals surface area contributed by atoms with E-state index in [1.807, 2.05) is 0 Å². The van der Waals surface area contributed by atoms with E-state index < -0.39 is 0 Å². The highest BCUT2D eigenvalue weighted by Crippen LogP contribution is 2.18. The van der Waals surface area contributed by atoms with E-state index in [1.54, 1.807) is 0 Å². The Morgan fingerprint density at radius 3 is 2.00 bits per heavy atom. The minimum Gasteiger partial charge on any atom is -1.00 e. The van der Waals surface area contributed by atoms with E-state index in [-0.39, 0.29) is 24.0 Å². The highest BCUT2D eigenvalue weighted by atomic mass is 127. The van der Waals surface area contributed by atoms with Gasteiger partial charge in [-0.1, -0.05) is 6.92 Å². The van der Waals surface area contributed by atoms with Crippen molar-refractivity contribution < 1.29 is 28.5 Å². The molecule has 0 saturated carbocycles. The number of likely N-dealkylation sites (tertiary alicyclic amines) is 1. The van der Waals surface area contributed by atoms with Crippen molar-refractivity contribution in [2.45, 2.75) is 39.5 Å². The van der Waals surface area contributed by atoms with Crippen LogP contribution in [0.4, 0.5) is 0 Å². The van der Waals surface area contributed by atoms with Gasteiger partial charge in [0.15, 0.2) is 0 Å². The average Bonchev–Trinajstić information content (AvgIpc) is 2.07. The predicted octanol–water partition coefficient (Wildman–Crippen LogP) is -0.579. The van der Waals surface area contributed by atoms with Crippen molar-refractivity contribution in [1.29, 1.82) is 0 Å². The number of hydrogen-bond acceptors (Lipinski definition) is 0. The summed E-state index contributed by atoms with van der Waals surface area (Å²) in [7, 11) is 0. The van der Waals surface area contributed by atoms with Gasteiger partial charge in [-0.2, -0.15) is 0 Å². The van der Waals surface area contributed by atoms with Crippen LogP contribution in [-0.4, -0.2) is 30.7 Å². The van der Waals surface area contributed by atoms with E-state index in [9.17, 15) is 0 Å². The molecule has 2 heteroatoms. The largest absolute Gasteiger partial charge is 1.00 e. The lowest BCUT2D eigenvalue weighted by atomic mass is 10.1. The van der Waals surface area contributed by atoms with Crippen molar-refractivity contribution in [3.63, 3.8) is 0 Å². The Balaban J connectivity index is 0.00000121. The van der Waals surface area contributed by atoms with Crippen LogP contribution in [0.1, 0.15) is 39.5 Å². The highest BCUT2D eigenvalue weighted by Gasteiger charge is 2.26. The summed E-state index contributed by atoms with van der Waals surface area (Å²) in [5.74, 6) is 0. The van der Waals surface area contributed by atoms with E-state index in [1.165, 1.54) is 56.3 Å². The predicted molar refractivity (Wildman–Crippen MR) is 49.5 cm³/mol. The van der Waals surface area contributed by atoms with Gasteiger partial charge in [-0.05, 0) is 32.6 Å². The Labute approximate surface area is 94.1 Å². The topological polar surface area (TPSA) is 0 Å². The molecular formula is C10H22IN. The Bertz CT molecular complexity index is 103. The molecule has 0 atom stereocenters. The Hall–Kier alpha value is 0.690. The second-order valence-electron chi connectivity index (χ2n) is 3.89. The van der Waals surface area contributed by atoms with Crippen LogP contribution in [0, 0.1) is 0 Å². The molecule has 1 nitrogen and oxygen atoms in total. The molecule has 0 radical (unpaired) electrons. The average molecular weight is 283 g/mol. The zero-order valence-electron chi connectivity index (χ0n) is 8.48. The summed E-state index contributed by atoms with van der Waals surface area (Å²) in [5.41, 5.74) is 0. The first-order valence-electron chi connectivity index (χ1n) is 5.18. The smallest absolute Gasteiger partial charge is 0.0786 e. The van der Waals surface area contributed by atoms with E-state index >= 15 is 0 Å². The molecule has 0 aromatic carbocycles. The number of nitrogens with zero attached hydrogens (tertiary/aromatic N) is 1. The fourth-order valence-corrected chi connectivity index (χ4v) is 2.36. The van der Waals surface area contributed by atoms with Gasteiger partial charge in [0.05, 0.1) is 26.2 Å². The Morgan fingerprint density at radius 2 is 1.58 bits per heavy atom. The lowest BCUT2D eigenvalue weighted by Crippen LogP contribution is -3.00. The summed E-state index contributed by atoms with van der Waals surface area (Å²) in [6.45, 7) is 10.3. The fraction of sp³-hybridized carbons (Fsp3) is 1.00. The third-order valence-electron chi connectivity index (χ3n) is 3.13. The molecular weight excluding hydrogens is 261 g/mol. The van der Waals surface area contributed by atoms with Gasteiger partial charge in [-0.25, -0.2) is 0 Å². The highest BCUT2D eigenvalue weighted by molar-refractivity contribution is 4.52. The summed E-state index contributed by atoms with van der Waals surface area (Å²) < 4.78 is 1.41. The number of rotatable bonds is 3. The van der Waals surface area contributed by atoms with E-state index in [2.05, 4.69) is 13.8 Å². The van der Waals surface area contributed by atoms with Crippen LogP contribution in [0.15, 0.2) is 0 Å². The van der Waals surface area contributed by atoms with Crippen LogP contribution in [0.5, 0.6) is 0 Å². The molecule has 0 unspecified atom stereocenters. The summed E-state index contributed by atoms with van der Waals surface area (Å²) in [6.07, 6.45) is 5.76.